The summed E-state index contributed by atoms with van der Waals surface area (Å²) in [6.45, 7) is 1.89. The monoisotopic (exact) mass is 251 g/mol. The van der Waals surface area contributed by atoms with Gasteiger partial charge in [0.25, 0.3) is 5.22 Å². The molecule has 90 valence electrons. The second-order valence-corrected chi connectivity index (χ2v) is 4.78. The van der Waals surface area contributed by atoms with E-state index >= 15 is 0 Å². The number of aromatic nitrogens is 1. The standard InChI is InChI=1S/C11H13N3O2S/c1-2-9(10(13)15)17-11-14-7-5-6(12)3-4-8(7)16-11/h3-5,9H,2,12H2,1H3,(H2,13,15). The van der Waals surface area contributed by atoms with Crippen LogP contribution < -0.4 is 11.5 Å². The first-order valence-electron chi connectivity index (χ1n) is 5.22. The zero-order chi connectivity index (χ0) is 12.4. The maximum atomic E-state index is 11.1. The van der Waals surface area contributed by atoms with Crippen molar-refractivity contribution in [3.8, 4) is 0 Å². The molecule has 0 spiro atoms. The first-order valence-corrected chi connectivity index (χ1v) is 6.10. The Bertz CT molecular complexity index is 553. The first-order chi connectivity index (χ1) is 8.10. The number of hydrogen-bond acceptors (Lipinski definition) is 5. The van der Waals surface area contributed by atoms with Crippen LogP contribution in [0.4, 0.5) is 5.69 Å². The Kier molecular flexibility index (Phi) is 3.23. The molecule has 1 aromatic heterocycles. The largest absolute Gasteiger partial charge is 0.431 e. The van der Waals surface area contributed by atoms with Gasteiger partial charge in [0.2, 0.25) is 5.91 Å². The van der Waals surface area contributed by atoms with E-state index in [0.717, 1.165) is 0 Å². The molecule has 1 atom stereocenters. The fraction of sp³-hybridized carbons (Fsp3) is 0.273. The number of thioether (sulfide) groups is 1. The van der Waals surface area contributed by atoms with Crippen LogP contribution in [0.25, 0.3) is 11.1 Å². The Hall–Kier alpha value is -1.69. The molecule has 5 nitrogen and oxygen atoms in total. The van der Waals surface area contributed by atoms with Crippen LogP contribution in [0.2, 0.25) is 0 Å². The maximum Gasteiger partial charge on any atom is 0.257 e. The number of amides is 1. The zero-order valence-corrected chi connectivity index (χ0v) is 10.2. The van der Waals surface area contributed by atoms with E-state index in [1.165, 1.54) is 11.8 Å². The van der Waals surface area contributed by atoms with Crippen molar-refractivity contribution in [2.24, 2.45) is 5.73 Å². The van der Waals surface area contributed by atoms with Crippen LogP contribution in [0.5, 0.6) is 0 Å². The predicted octanol–water partition coefficient (Wildman–Crippen LogP) is 1.77. The fourth-order valence-electron chi connectivity index (χ4n) is 1.44. The zero-order valence-electron chi connectivity index (χ0n) is 9.34. The topological polar surface area (TPSA) is 95.1 Å². The molecule has 0 fully saturated rings. The van der Waals surface area contributed by atoms with Crippen LogP contribution in [0.15, 0.2) is 27.8 Å². The number of rotatable bonds is 4. The van der Waals surface area contributed by atoms with Crippen molar-refractivity contribution in [3.05, 3.63) is 18.2 Å². The number of oxazole rings is 1. The summed E-state index contributed by atoms with van der Waals surface area (Å²) in [5.74, 6) is -0.362. The predicted molar refractivity (Wildman–Crippen MR) is 67.6 cm³/mol. The lowest BCUT2D eigenvalue weighted by atomic mass is 10.3. The Balaban J connectivity index is 2.27. The number of nitrogens with two attached hydrogens (primary N) is 2. The summed E-state index contributed by atoms with van der Waals surface area (Å²) in [4.78, 5) is 15.4. The van der Waals surface area contributed by atoms with Gasteiger partial charge in [0, 0.05) is 5.69 Å². The average molecular weight is 251 g/mol. The molecule has 1 unspecified atom stereocenters. The summed E-state index contributed by atoms with van der Waals surface area (Å²) >= 11 is 1.24. The molecule has 2 aromatic rings. The number of carbonyl (C=O) groups excluding carboxylic acids is 1. The minimum absolute atomic E-state index is 0.319. The van der Waals surface area contributed by atoms with Gasteiger partial charge >= 0.3 is 0 Å². The van der Waals surface area contributed by atoms with Gasteiger partial charge in [-0.15, -0.1) is 0 Å². The summed E-state index contributed by atoms with van der Waals surface area (Å²) in [5, 5.41) is 0.122. The highest BCUT2D eigenvalue weighted by Crippen LogP contribution is 2.28. The molecule has 2 rings (SSSR count). The highest BCUT2D eigenvalue weighted by atomic mass is 32.2. The number of fused-ring (bicyclic) bond motifs is 1. The van der Waals surface area contributed by atoms with E-state index in [1.54, 1.807) is 18.2 Å². The number of primary amides is 1. The molecule has 0 bridgehead atoms. The quantitative estimate of drug-likeness (QED) is 0.637. The van der Waals surface area contributed by atoms with Crippen molar-refractivity contribution < 1.29 is 9.21 Å². The number of nitrogens with zero attached hydrogens (tertiary/aromatic N) is 1. The van der Waals surface area contributed by atoms with Crippen LogP contribution in [0.3, 0.4) is 0 Å². The minimum Gasteiger partial charge on any atom is -0.431 e. The van der Waals surface area contributed by atoms with Gasteiger partial charge in [-0.1, -0.05) is 18.7 Å². The maximum absolute atomic E-state index is 11.1. The van der Waals surface area contributed by atoms with Crippen LogP contribution in [0, 0.1) is 0 Å². The summed E-state index contributed by atoms with van der Waals surface area (Å²) < 4.78 is 5.49. The molecule has 1 amide bonds. The fourth-order valence-corrected chi connectivity index (χ4v) is 2.25. The van der Waals surface area contributed by atoms with E-state index in [0.29, 0.717) is 28.4 Å². The molecule has 0 aliphatic carbocycles. The molecule has 6 heteroatoms. The average Bonchev–Trinajstić information content (AvgIpc) is 2.66. The highest BCUT2D eigenvalue weighted by Gasteiger charge is 2.18. The lowest BCUT2D eigenvalue weighted by molar-refractivity contribution is -0.117. The van der Waals surface area contributed by atoms with Crippen molar-refractivity contribution in [1.29, 1.82) is 0 Å². The van der Waals surface area contributed by atoms with Gasteiger partial charge in [-0.3, -0.25) is 4.79 Å². The van der Waals surface area contributed by atoms with Gasteiger partial charge in [0.1, 0.15) is 5.52 Å². The smallest absolute Gasteiger partial charge is 0.257 e. The van der Waals surface area contributed by atoms with Gasteiger partial charge in [-0.2, -0.15) is 0 Å². The number of benzene rings is 1. The van der Waals surface area contributed by atoms with Crippen molar-refractivity contribution in [3.63, 3.8) is 0 Å². The lowest BCUT2D eigenvalue weighted by Crippen LogP contribution is -2.24. The van der Waals surface area contributed by atoms with Crippen molar-refractivity contribution in [1.82, 2.24) is 4.98 Å². The molecule has 17 heavy (non-hydrogen) atoms. The Morgan fingerprint density at radius 3 is 3.00 bits per heavy atom. The third-order valence-electron chi connectivity index (χ3n) is 2.32. The SMILES string of the molecule is CCC(Sc1nc2cc(N)ccc2o1)C(N)=O. The number of carbonyl (C=O) groups is 1. The Labute approximate surface area is 103 Å². The number of anilines is 1. The molecular weight excluding hydrogens is 238 g/mol. The van der Waals surface area contributed by atoms with Crippen LogP contribution in [-0.4, -0.2) is 16.1 Å². The normalized spacial score (nSPS) is 12.8. The molecule has 0 aliphatic heterocycles. The Morgan fingerprint density at radius 1 is 1.59 bits per heavy atom. The summed E-state index contributed by atoms with van der Waals surface area (Å²) in [7, 11) is 0. The van der Waals surface area contributed by atoms with Crippen molar-refractivity contribution in [2.45, 2.75) is 23.8 Å². The second kappa shape index (κ2) is 4.67. The van der Waals surface area contributed by atoms with Crippen molar-refractivity contribution in [2.75, 3.05) is 5.73 Å². The summed E-state index contributed by atoms with van der Waals surface area (Å²) in [5.41, 5.74) is 12.9. The van der Waals surface area contributed by atoms with Crippen molar-refractivity contribution >= 4 is 34.5 Å². The van der Waals surface area contributed by atoms with Gasteiger partial charge < -0.3 is 15.9 Å². The lowest BCUT2D eigenvalue weighted by Gasteiger charge is -2.05. The van der Waals surface area contributed by atoms with Gasteiger partial charge in [-0.05, 0) is 24.6 Å². The highest BCUT2D eigenvalue weighted by molar-refractivity contribution is 8.00. The van der Waals surface area contributed by atoms with E-state index in [1.807, 2.05) is 6.92 Å². The van der Waals surface area contributed by atoms with Gasteiger partial charge in [0.15, 0.2) is 5.58 Å². The molecule has 0 radical (unpaired) electrons. The van der Waals surface area contributed by atoms with Gasteiger partial charge in [-0.25, -0.2) is 4.98 Å². The van der Waals surface area contributed by atoms with Gasteiger partial charge in [0.05, 0.1) is 5.25 Å². The Morgan fingerprint density at radius 2 is 2.35 bits per heavy atom. The van der Waals surface area contributed by atoms with E-state index in [-0.39, 0.29) is 11.2 Å². The van der Waals surface area contributed by atoms with E-state index in [9.17, 15) is 4.79 Å². The molecule has 4 N–H and O–H groups in total. The van der Waals surface area contributed by atoms with Crippen LogP contribution in [-0.2, 0) is 4.79 Å². The molecule has 0 saturated heterocycles. The summed E-state index contributed by atoms with van der Waals surface area (Å²) in [6, 6.07) is 5.23. The molecule has 1 heterocycles. The number of nitrogen functional groups attached to an aromatic ring is 1. The molecule has 1 aromatic carbocycles. The second-order valence-electron chi connectivity index (χ2n) is 3.62. The molecule has 0 aliphatic rings. The molecule has 0 saturated carbocycles. The van der Waals surface area contributed by atoms with Crippen LogP contribution in [0.1, 0.15) is 13.3 Å². The van der Waals surface area contributed by atoms with E-state index in [4.69, 9.17) is 15.9 Å². The third-order valence-corrected chi connectivity index (χ3v) is 3.55. The molecular formula is C11H13N3O2S. The minimum atomic E-state index is -0.362. The first kappa shape index (κ1) is 11.8. The third kappa shape index (κ3) is 2.52. The number of hydrogen-bond donors (Lipinski definition) is 2. The van der Waals surface area contributed by atoms with Crippen LogP contribution >= 0.6 is 11.8 Å². The summed E-state index contributed by atoms with van der Waals surface area (Å²) in [6.07, 6.45) is 0.640. The van der Waals surface area contributed by atoms with E-state index < -0.39 is 0 Å². The van der Waals surface area contributed by atoms with E-state index in [2.05, 4.69) is 4.98 Å².